The number of amides is 1. The molecular weight excluding hydrogens is 368 g/mol. The lowest BCUT2D eigenvalue weighted by atomic mass is 10.0. The average Bonchev–Trinajstić information content (AvgIpc) is 2.67. The number of hydrogen-bond acceptors (Lipinski definition) is 5. The molecule has 0 unspecified atom stereocenters. The van der Waals surface area contributed by atoms with Gasteiger partial charge >= 0.3 is 6.09 Å². The Balaban J connectivity index is 1.90. The van der Waals surface area contributed by atoms with Crippen LogP contribution >= 0.6 is 0 Å². The zero-order valence-electron chi connectivity index (χ0n) is 15.3. The van der Waals surface area contributed by atoms with Crippen molar-refractivity contribution < 1.29 is 22.7 Å². The summed E-state index contributed by atoms with van der Waals surface area (Å²) in [7, 11) is -2.15. The van der Waals surface area contributed by atoms with Gasteiger partial charge in [0.05, 0.1) is 24.3 Å². The van der Waals surface area contributed by atoms with Crippen molar-refractivity contribution in [2.24, 2.45) is 0 Å². The lowest BCUT2D eigenvalue weighted by Gasteiger charge is -2.31. The Labute approximate surface area is 158 Å². The summed E-state index contributed by atoms with van der Waals surface area (Å²) < 4.78 is 37.6. The first-order valence-electron chi connectivity index (χ1n) is 8.69. The first kappa shape index (κ1) is 19.0. The zero-order chi connectivity index (χ0) is 19.4. The quantitative estimate of drug-likeness (QED) is 0.846. The van der Waals surface area contributed by atoms with Crippen LogP contribution < -0.4 is 14.4 Å². The van der Waals surface area contributed by atoms with Crippen molar-refractivity contribution in [1.29, 1.82) is 0 Å². The molecule has 0 atom stereocenters. The summed E-state index contributed by atoms with van der Waals surface area (Å²) in [6.07, 6.45) is 0.907. The Bertz CT molecular complexity index is 926. The minimum absolute atomic E-state index is 0.213. The summed E-state index contributed by atoms with van der Waals surface area (Å²) in [5.41, 5.74) is 2.08. The number of methoxy groups -OCH3 is 1. The van der Waals surface area contributed by atoms with E-state index in [9.17, 15) is 13.2 Å². The first-order chi connectivity index (χ1) is 13.0. The average molecular weight is 390 g/mol. The monoisotopic (exact) mass is 390 g/mol. The van der Waals surface area contributed by atoms with Gasteiger partial charge in [0.2, 0.25) is 0 Å². The molecule has 8 heteroatoms. The van der Waals surface area contributed by atoms with E-state index in [1.165, 1.54) is 11.4 Å². The van der Waals surface area contributed by atoms with E-state index < -0.39 is 16.1 Å². The van der Waals surface area contributed by atoms with Crippen molar-refractivity contribution >= 4 is 27.5 Å². The Morgan fingerprint density at radius 3 is 2.59 bits per heavy atom. The molecule has 2 aromatic rings. The SMILES string of the molecule is CCOC(=O)Nc1ccc2c(c1)CCCN2S(=O)(=O)c1ccc(OC)cc1. The van der Waals surface area contributed by atoms with Crippen LogP contribution in [0.2, 0.25) is 0 Å². The molecule has 2 aromatic carbocycles. The minimum Gasteiger partial charge on any atom is -0.497 e. The molecule has 0 bridgehead atoms. The van der Waals surface area contributed by atoms with Crippen molar-refractivity contribution in [3.8, 4) is 5.75 Å². The number of ether oxygens (including phenoxy) is 2. The molecule has 0 aromatic heterocycles. The van der Waals surface area contributed by atoms with Gasteiger partial charge in [0.15, 0.2) is 0 Å². The van der Waals surface area contributed by atoms with Crippen molar-refractivity contribution in [1.82, 2.24) is 0 Å². The molecule has 0 radical (unpaired) electrons. The van der Waals surface area contributed by atoms with Gasteiger partial charge in [-0.05, 0) is 67.8 Å². The molecule has 144 valence electrons. The number of nitrogens with one attached hydrogen (secondary N) is 1. The molecular formula is C19H22N2O5S. The number of anilines is 2. The Morgan fingerprint density at radius 2 is 1.93 bits per heavy atom. The molecule has 7 nitrogen and oxygen atoms in total. The van der Waals surface area contributed by atoms with Crippen molar-refractivity contribution in [2.75, 3.05) is 29.9 Å². The molecule has 0 aliphatic carbocycles. The minimum atomic E-state index is -3.68. The van der Waals surface area contributed by atoms with Crippen LogP contribution in [0.5, 0.6) is 5.75 Å². The Morgan fingerprint density at radius 1 is 1.19 bits per heavy atom. The molecule has 0 spiro atoms. The number of carbonyl (C=O) groups is 1. The summed E-state index contributed by atoms with van der Waals surface area (Å²) in [4.78, 5) is 11.8. The van der Waals surface area contributed by atoms with Crippen LogP contribution in [0.4, 0.5) is 16.2 Å². The fourth-order valence-electron chi connectivity index (χ4n) is 3.05. The lowest BCUT2D eigenvalue weighted by Crippen LogP contribution is -2.35. The van der Waals surface area contributed by atoms with E-state index in [4.69, 9.17) is 9.47 Å². The summed E-state index contributed by atoms with van der Waals surface area (Å²) in [5, 5.41) is 2.65. The molecule has 1 N–H and O–H groups in total. The molecule has 27 heavy (non-hydrogen) atoms. The molecule has 0 fully saturated rings. The van der Waals surface area contributed by atoms with Crippen LogP contribution in [0.25, 0.3) is 0 Å². The van der Waals surface area contributed by atoms with Gasteiger partial charge in [-0.3, -0.25) is 9.62 Å². The Kier molecular flexibility index (Phi) is 5.55. The number of rotatable bonds is 5. The van der Waals surface area contributed by atoms with Gasteiger partial charge < -0.3 is 9.47 Å². The number of benzene rings is 2. The number of carbonyl (C=O) groups excluding carboxylic acids is 1. The number of sulfonamides is 1. The molecule has 1 amide bonds. The number of hydrogen-bond donors (Lipinski definition) is 1. The molecule has 1 aliphatic rings. The predicted octanol–water partition coefficient (Wildman–Crippen LogP) is 3.41. The fraction of sp³-hybridized carbons (Fsp3) is 0.316. The number of nitrogens with zero attached hydrogens (tertiary/aromatic N) is 1. The van der Waals surface area contributed by atoms with Gasteiger partial charge in [0.1, 0.15) is 5.75 Å². The maximum Gasteiger partial charge on any atom is 0.411 e. The van der Waals surface area contributed by atoms with E-state index in [2.05, 4.69) is 5.32 Å². The van der Waals surface area contributed by atoms with Gasteiger partial charge in [0, 0.05) is 12.2 Å². The first-order valence-corrected chi connectivity index (χ1v) is 10.1. The van der Waals surface area contributed by atoms with Crippen LogP contribution in [0.15, 0.2) is 47.4 Å². The van der Waals surface area contributed by atoms with Crippen LogP contribution in [-0.4, -0.2) is 34.8 Å². The normalized spacial score (nSPS) is 13.6. The van der Waals surface area contributed by atoms with Gasteiger partial charge in [-0.25, -0.2) is 13.2 Å². The molecule has 0 saturated heterocycles. The third-order valence-corrected chi connectivity index (χ3v) is 6.15. The lowest BCUT2D eigenvalue weighted by molar-refractivity contribution is 0.168. The highest BCUT2D eigenvalue weighted by Gasteiger charge is 2.29. The largest absolute Gasteiger partial charge is 0.497 e. The zero-order valence-corrected chi connectivity index (χ0v) is 16.1. The van der Waals surface area contributed by atoms with E-state index in [-0.39, 0.29) is 11.5 Å². The van der Waals surface area contributed by atoms with Gasteiger partial charge in [-0.1, -0.05) is 0 Å². The molecule has 3 rings (SSSR count). The maximum absolute atomic E-state index is 13.1. The van der Waals surface area contributed by atoms with Crippen molar-refractivity contribution in [2.45, 2.75) is 24.7 Å². The summed E-state index contributed by atoms with van der Waals surface area (Å²) in [6.45, 7) is 2.42. The predicted molar refractivity (Wildman–Crippen MR) is 103 cm³/mol. The third kappa shape index (κ3) is 4.00. The third-order valence-electron chi connectivity index (χ3n) is 4.32. The highest BCUT2D eigenvalue weighted by molar-refractivity contribution is 7.92. The van der Waals surface area contributed by atoms with Gasteiger partial charge in [-0.2, -0.15) is 0 Å². The van der Waals surface area contributed by atoms with Crippen molar-refractivity contribution in [3.05, 3.63) is 48.0 Å². The van der Waals surface area contributed by atoms with Crippen LogP contribution in [-0.2, 0) is 21.2 Å². The van der Waals surface area contributed by atoms with E-state index in [1.807, 2.05) is 0 Å². The highest BCUT2D eigenvalue weighted by Crippen LogP contribution is 2.34. The molecule has 0 saturated carbocycles. The number of fused-ring (bicyclic) bond motifs is 1. The summed E-state index contributed by atoms with van der Waals surface area (Å²) >= 11 is 0. The second-order valence-corrected chi connectivity index (χ2v) is 7.91. The number of aryl methyl sites for hydroxylation is 1. The summed E-state index contributed by atoms with van der Waals surface area (Å²) in [5.74, 6) is 0.600. The second kappa shape index (κ2) is 7.87. The highest BCUT2D eigenvalue weighted by atomic mass is 32.2. The standard InChI is InChI=1S/C19H22N2O5S/c1-3-26-19(22)20-15-6-11-18-14(13-15)5-4-12-21(18)27(23,24)17-9-7-16(25-2)8-10-17/h6-11,13H,3-5,12H2,1-2H3,(H,20,22). The van der Waals surface area contributed by atoms with Crippen molar-refractivity contribution in [3.63, 3.8) is 0 Å². The smallest absolute Gasteiger partial charge is 0.411 e. The molecule has 1 aliphatic heterocycles. The van der Waals surface area contributed by atoms with Crippen LogP contribution in [0.3, 0.4) is 0 Å². The fourth-order valence-corrected chi connectivity index (χ4v) is 4.59. The topological polar surface area (TPSA) is 84.9 Å². The van der Waals surface area contributed by atoms with E-state index in [0.717, 1.165) is 12.0 Å². The van der Waals surface area contributed by atoms with E-state index in [1.54, 1.807) is 49.4 Å². The van der Waals surface area contributed by atoms with Gasteiger partial charge in [-0.15, -0.1) is 0 Å². The van der Waals surface area contributed by atoms with E-state index in [0.29, 0.717) is 30.1 Å². The maximum atomic E-state index is 13.1. The molecule has 1 heterocycles. The van der Waals surface area contributed by atoms with Gasteiger partial charge in [0.25, 0.3) is 10.0 Å². The van der Waals surface area contributed by atoms with Crippen LogP contribution in [0, 0.1) is 0 Å². The van der Waals surface area contributed by atoms with E-state index >= 15 is 0 Å². The Hall–Kier alpha value is -2.74. The second-order valence-electron chi connectivity index (χ2n) is 6.05. The van der Waals surface area contributed by atoms with Crippen LogP contribution in [0.1, 0.15) is 18.9 Å². The summed E-state index contributed by atoms with van der Waals surface area (Å²) in [6, 6.07) is 11.5.